The molecular weight excluding hydrogens is 349 g/mol. The van der Waals surface area contributed by atoms with Gasteiger partial charge in [-0.15, -0.1) is 0 Å². The van der Waals surface area contributed by atoms with Crippen molar-refractivity contribution in [3.05, 3.63) is 59.7 Å². The molecule has 1 aliphatic carbocycles. The number of benzene rings is 2. The molecule has 0 aromatic heterocycles. The van der Waals surface area contributed by atoms with Crippen molar-refractivity contribution in [2.24, 2.45) is 0 Å². The first-order chi connectivity index (χ1) is 8.88. The third kappa shape index (κ3) is 3.37. The zero-order valence-electron chi connectivity index (χ0n) is 9.74. The molecule has 0 N–H and O–H groups in total. The van der Waals surface area contributed by atoms with Gasteiger partial charge in [0.1, 0.15) is 0 Å². The minimum absolute atomic E-state index is 0. The van der Waals surface area contributed by atoms with Crippen molar-refractivity contribution in [2.75, 3.05) is 0 Å². The van der Waals surface area contributed by atoms with Crippen molar-refractivity contribution < 1.29 is 40.3 Å². The Morgan fingerprint density at radius 2 is 1.05 bits per heavy atom. The third-order valence-electron chi connectivity index (χ3n) is 2.74. The number of hydrogen-bond acceptors (Lipinski definition) is 2. The molecule has 3 rings (SSSR count). The molecule has 19 heavy (non-hydrogen) atoms. The molecule has 0 unspecified atom stereocenters. The van der Waals surface area contributed by atoms with E-state index in [2.05, 4.69) is 80.4 Å². The molecule has 0 atom stereocenters. The summed E-state index contributed by atoms with van der Waals surface area (Å²) in [6, 6.07) is 17.3. The molecule has 0 bridgehead atoms. The summed E-state index contributed by atoms with van der Waals surface area (Å²) in [6.45, 7) is 9.00. The second kappa shape index (κ2) is 8.74. The first-order valence-corrected chi connectivity index (χ1v) is 6.10. The summed E-state index contributed by atoms with van der Waals surface area (Å²) < 4.78 is 0.488. The Morgan fingerprint density at radius 3 is 1.42 bits per heavy atom. The second-order valence-electron chi connectivity index (χ2n) is 3.52. The molecule has 0 saturated carbocycles. The molecule has 0 spiro atoms. The minimum atomic E-state index is 0. The van der Waals surface area contributed by atoms with Crippen LogP contribution in [0.15, 0.2) is 48.5 Å². The zero-order chi connectivity index (χ0) is 13.5. The summed E-state index contributed by atoms with van der Waals surface area (Å²) in [5.41, 5.74) is 5.66. The normalized spacial score (nSPS) is 10.6. The molecule has 0 fully saturated rings. The molecule has 4 radical (unpaired) electrons. The molecule has 2 aromatic carbocycles. The summed E-state index contributed by atoms with van der Waals surface area (Å²) in [5, 5.41) is 0. The Hall–Kier alpha value is -1.31. The molecular formula is C15H9ClO2Ru. The van der Waals surface area contributed by atoms with Crippen LogP contribution in [0.2, 0.25) is 0 Å². The standard InChI is InChI=1S/C13H9.2CO.ClH.Ru/c1-3-7-12-10(5-1)9-11-6-2-4-8-13(11)12;2*1-2;;/h1-9H;;;1H;/q;;;;+1/p-1. The maximum absolute atomic E-state index is 7.50. The first kappa shape index (κ1) is 17.7. The van der Waals surface area contributed by atoms with Crippen molar-refractivity contribution in [3.8, 4) is 11.1 Å². The topological polar surface area (TPSA) is 34.1 Å². The van der Waals surface area contributed by atoms with Gasteiger partial charge in [0.15, 0.2) is 0 Å². The van der Waals surface area contributed by atoms with Gasteiger partial charge in [-0.2, -0.15) is 0 Å². The molecule has 4 heteroatoms. The first-order valence-electron chi connectivity index (χ1n) is 5.09. The van der Waals surface area contributed by atoms with E-state index in [1.165, 1.54) is 22.3 Å². The van der Waals surface area contributed by atoms with Gasteiger partial charge < -0.3 is 12.4 Å². The van der Waals surface area contributed by atoms with Crippen LogP contribution in [0.4, 0.5) is 0 Å². The predicted octanol–water partition coefficient (Wildman–Crippen LogP) is -0.487. The SMILES string of the molecule is [C]=O.[C]=O.[Cl-].[Ru+][CH]1c2ccccc2-c2ccccc21. The van der Waals surface area contributed by atoms with Gasteiger partial charge in [0, 0.05) is 0 Å². The summed E-state index contributed by atoms with van der Waals surface area (Å²) in [6.07, 6.45) is 0. The Morgan fingerprint density at radius 1 is 0.737 bits per heavy atom. The Labute approximate surface area is 129 Å². The van der Waals surface area contributed by atoms with E-state index in [9.17, 15) is 0 Å². The van der Waals surface area contributed by atoms with E-state index in [1.54, 1.807) is 0 Å². The van der Waals surface area contributed by atoms with Crippen molar-refractivity contribution in [2.45, 2.75) is 4.51 Å². The fraction of sp³-hybridized carbons (Fsp3) is 0.0667. The molecule has 1 aliphatic rings. The molecule has 96 valence electrons. The molecule has 0 aliphatic heterocycles. The number of halogens is 1. The van der Waals surface area contributed by atoms with E-state index in [0.717, 1.165) is 0 Å². The van der Waals surface area contributed by atoms with Crippen LogP contribution in [-0.2, 0) is 27.9 Å². The van der Waals surface area contributed by atoms with E-state index in [4.69, 9.17) is 9.59 Å². The van der Waals surface area contributed by atoms with Crippen LogP contribution >= 0.6 is 0 Å². The van der Waals surface area contributed by atoms with E-state index < -0.39 is 0 Å². The van der Waals surface area contributed by atoms with Crippen LogP contribution in [0.1, 0.15) is 15.6 Å². The van der Waals surface area contributed by atoms with Gasteiger partial charge in [-0.25, -0.2) is 0 Å². The van der Waals surface area contributed by atoms with Crippen LogP contribution in [0.5, 0.6) is 0 Å². The van der Waals surface area contributed by atoms with E-state index in [-0.39, 0.29) is 12.4 Å². The van der Waals surface area contributed by atoms with E-state index in [1.807, 2.05) is 0 Å². The Balaban J connectivity index is 0.000000597. The predicted molar refractivity (Wildman–Crippen MR) is 65.1 cm³/mol. The zero-order valence-corrected chi connectivity index (χ0v) is 12.2. The van der Waals surface area contributed by atoms with Crippen LogP contribution in [-0.4, -0.2) is 13.6 Å². The summed E-state index contributed by atoms with van der Waals surface area (Å²) in [5.74, 6) is 0. The average Bonchev–Trinajstić information content (AvgIpc) is 2.78. The third-order valence-corrected chi connectivity index (χ3v) is 3.82. The quantitative estimate of drug-likeness (QED) is 0.597. The number of rotatable bonds is 0. The van der Waals surface area contributed by atoms with Gasteiger partial charge in [-0.3, -0.25) is 9.59 Å². The van der Waals surface area contributed by atoms with Crippen molar-refractivity contribution in [1.29, 1.82) is 0 Å². The second-order valence-corrected chi connectivity index (χ2v) is 4.53. The van der Waals surface area contributed by atoms with E-state index in [0.29, 0.717) is 4.51 Å². The van der Waals surface area contributed by atoms with Gasteiger partial charge in [0.2, 0.25) is 0 Å². The van der Waals surface area contributed by atoms with Gasteiger partial charge in [0.25, 0.3) is 13.6 Å². The Kier molecular flexibility index (Phi) is 8.14. The molecule has 2 nitrogen and oxygen atoms in total. The summed E-state index contributed by atoms with van der Waals surface area (Å²) in [7, 11) is 0. The van der Waals surface area contributed by atoms with Crippen LogP contribution in [0.25, 0.3) is 11.1 Å². The number of carbonyl (C=O) groups excluding carboxylic acids is 2. The van der Waals surface area contributed by atoms with Gasteiger partial charge in [-0.1, -0.05) is 0 Å². The van der Waals surface area contributed by atoms with Gasteiger partial charge >= 0.3 is 93.6 Å². The molecule has 0 saturated heterocycles. The van der Waals surface area contributed by atoms with Crippen LogP contribution in [0.3, 0.4) is 0 Å². The fourth-order valence-electron chi connectivity index (χ4n) is 2.08. The number of fused-ring (bicyclic) bond motifs is 3. The maximum atomic E-state index is 7.50. The summed E-state index contributed by atoms with van der Waals surface area (Å²) in [4.78, 5) is 15.0. The molecule has 0 amide bonds. The van der Waals surface area contributed by atoms with Crippen molar-refractivity contribution in [1.82, 2.24) is 0 Å². The average molecular weight is 358 g/mol. The monoisotopic (exact) mass is 358 g/mol. The van der Waals surface area contributed by atoms with Gasteiger partial charge in [-0.05, 0) is 0 Å². The number of hydrogen-bond donors (Lipinski definition) is 0. The van der Waals surface area contributed by atoms with E-state index >= 15 is 0 Å². The van der Waals surface area contributed by atoms with Crippen molar-refractivity contribution >= 4 is 13.6 Å². The van der Waals surface area contributed by atoms with Crippen LogP contribution < -0.4 is 12.4 Å². The molecule has 2 aromatic rings. The summed E-state index contributed by atoms with van der Waals surface area (Å²) >= 11 is 2.82. The van der Waals surface area contributed by atoms with Crippen molar-refractivity contribution in [3.63, 3.8) is 0 Å². The van der Waals surface area contributed by atoms with Gasteiger partial charge in [0.05, 0.1) is 0 Å². The van der Waals surface area contributed by atoms with Crippen LogP contribution in [0, 0.1) is 0 Å². The fourth-order valence-corrected chi connectivity index (χ4v) is 2.96. The Bertz CT molecular complexity index is 484. The molecule has 0 heterocycles.